The van der Waals surface area contributed by atoms with Gasteiger partial charge in [-0.1, -0.05) is 71.8 Å². The lowest BCUT2D eigenvalue weighted by Crippen LogP contribution is -2.46. The molecule has 208 valence electrons. The smallest absolute Gasteiger partial charge is 0.262 e. The van der Waals surface area contributed by atoms with Gasteiger partial charge in [-0.25, -0.2) is 9.40 Å². The second kappa shape index (κ2) is 12.7. The van der Waals surface area contributed by atoms with Crippen LogP contribution in [0.1, 0.15) is 39.5 Å². The van der Waals surface area contributed by atoms with E-state index in [2.05, 4.69) is 10.0 Å². The van der Waals surface area contributed by atoms with Crippen LogP contribution in [0, 0.1) is 12.7 Å². The number of carbonyl (C=O) groups excluding carboxylic acids is 2. The van der Waals surface area contributed by atoms with E-state index in [1.54, 1.807) is 42.5 Å². The summed E-state index contributed by atoms with van der Waals surface area (Å²) < 4.78 is 20.2. The number of benzene rings is 3. The van der Waals surface area contributed by atoms with Gasteiger partial charge in [-0.15, -0.1) is 0 Å². The fourth-order valence-electron chi connectivity index (χ4n) is 5.03. The lowest BCUT2D eigenvalue weighted by molar-refractivity contribution is -0.133. The van der Waals surface area contributed by atoms with E-state index in [0.29, 0.717) is 54.6 Å². The van der Waals surface area contributed by atoms with Crippen molar-refractivity contribution < 1.29 is 18.7 Å². The highest BCUT2D eigenvalue weighted by Crippen LogP contribution is 2.34. The van der Waals surface area contributed by atoms with Gasteiger partial charge in [0.25, 0.3) is 11.8 Å². The van der Waals surface area contributed by atoms with E-state index in [-0.39, 0.29) is 24.2 Å². The number of aryl methyl sites for hydroxylation is 1. The van der Waals surface area contributed by atoms with E-state index in [1.165, 1.54) is 16.0 Å². The number of halogens is 2. The second-order valence-corrected chi connectivity index (χ2v) is 10.5. The topological polar surface area (TPSA) is 65.5 Å². The Morgan fingerprint density at radius 2 is 1.73 bits per heavy atom. The molecule has 40 heavy (non-hydrogen) atoms. The highest BCUT2D eigenvalue weighted by atomic mass is 35.5. The van der Waals surface area contributed by atoms with Crippen LogP contribution < -0.4 is 0 Å². The number of hydrogen-bond donors (Lipinski definition) is 0. The van der Waals surface area contributed by atoms with Crippen molar-refractivity contribution in [2.24, 2.45) is 5.10 Å². The number of carbonyl (C=O) groups is 2. The molecule has 3 aromatic rings. The zero-order chi connectivity index (χ0) is 28.1. The molecule has 1 atom stereocenters. The fourth-order valence-corrected chi connectivity index (χ4v) is 5.24. The SMILES string of the molecule is Cc1ccc([C@@H]2CC(c3ccccc3F)=NN2C(=O)CN(CCN2CCOCC2)C(=O)c2ccccc2Cl)cc1. The van der Waals surface area contributed by atoms with Crippen molar-refractivity contribution in [2.45, 2.75) is 19.4 Å². The Labute approximate surface area is 238 Å². The summed E-state index contributed by atoms with van der Waals surface area (Å²) in [6.45, 7) is 5.54. The summed E-state index contributed by atoms with van der Waals surface area (Å²) in [7, 11) is 0. The molecule has 9 heteroatoms. The molecule has 0 aliphatic carbocycles. The number of hydrogen-bond acceptors (Lipinski definition) is 5. The van der Waals surface area contributed by atoms with Crippen LogP contribution in [0.5, 0.6) is 0 Å². The number of rotatable bonds is 8. The van der Waals surface area contributed by atoms with Crippen molar-refractivity contribution >= 4 is 29.1 Å². The van der Waals surface area contributed by atoms with E-state index in [4.69, 9.17) is 16.3 Å². The fraction of sp³-hybridized carbons (Fsp3) is 0.323. The first kappa shape index (κ1) is 28.0. The average molecular weight is 563 g/mol. The monoisotopic (exact) mass is 562 g/mol. The van der Waals surface area contributed by atoms with Gasteiger partial charge in [0.05, 0.1) is 35.6 Å². The molecule has 0 saturated carbocycles. The molecule has 0 unspecified atom stereocenters. The van der Waals surface area contributed by atoms with Crippen molar-refractivity contribution in [3.63, 3.8) is 0 Å². The minimum absolute atomic E-state index is 0.190. The van der Waals surface area contributed by atoms with E-state index in [1.807, 2.05) is 31.2 Å². The molecule has 0 bridgehead atoms. The van der Waals surface area contributed by atoms with Gasteiger partial charge in [0.15, 0.2) is 0 Å². The maximum Gasteiger partial charge on any atom is 0.262 e. The Morgan fingerprint density at radius 1 is 1.02 bits per heavy atom. The normalized spacial score (nSPS) is 17.5. The Hall–Kier alpha value is -3.59. The molecule has 1 saturated heterocycles. The summed E-state index contributed by atoms with van der Waals surface area (Å²) in [5.74, 6) is -1.06. The van der Waals surface area contributed by atoms with Crippen LogP contribution in [0.25, 0.3) is 0 Å². The van der Waals surface area contributed by atoms with Gasteiger partial charge in [-0.05, 0) is 30.7 Å². The van der Waals surface area contributed by atoms with Crippen molar-refractivity contribution in [1.29, 1.82) is 0 Å². The Bertz CT molecular complexity index is 1390. The highest BCUT2D eigenvalue weighted by Gasteiger charge is 2.35. The number of nitrogens with zero attached hydrogens (tertiary/aromatic N) is 4. The van der Waals surface area contributed by atoms with Gasteiger partial charge in [0, 0.05) is 38.2 Å². The maximum absolute atomic E-state index is 14.7. The Balaban J connectivity index is 1.43. The summed E-state index contributed by atoms with van der Waals surface area (Å²) in [6, 6.07) is 20.7. The van der Waals surface area contributed by atoms with E-state index < -0.39 is 6.04 Å². The largest absolute Gasteiger partial charge is 0.379 e. The standard InChI is InChI=1S/C31H32ClFN4O3/c1-22-10-12-23(13-11-22)29-20-28(25-7-3-5-9-27(25)33)34-37(29)30(38)21-36(15-14-35-16-18-40-19-17-35)31(39)24-6-2-4-8-26(24)32/h2-13,29H,14-21H2,1H3/t29-/m0/s1. The van der Waals surface area contributed by atoms with Gasteiger partial charge in [-0.3, -0.25) is 14.5 Å². The third-order valence-electron chi connectivity index (χ3n) is 7.32. The van der Waals surface area contributed by atoms with Gasteiger partial charge in [-0.2, -0.15) is 5.10 Å². The first-order valence-corrected chi connectivity index (χ1v) is 13.8. The van der Waals surface area contributed by atoms with Crippen molar-refractivity contribution in [3.8, 4) is 0 Å². The molecule has 2 amide bonds. The van der Waals surface area contributed by atoms with E-state index >= 15 is 0 Å². The lowest BCUT2D eigenvalue weighted by atomic mass is 9.97. The van der Waals surface area contributed by atoms with Crippen LogP contribution in [0.15, 0.2) is 77.9 Å². The Kier molecular flexibility index (Phi) is 8.89. The van der Waals surface area contributed by atoms with Gasteiger partial charge >= 0.3 is 0 Å². The van der Waals surface area contributed by atoms with Gasteiger partial charge < -0.3 is 9.64 Å². The maximum atomic E-state index is 14.7. The Morgan fingerprint density at radius 3 is 2.45 bits per heavy atom. The van der Waals surface area contributed by atoms with Crippen LogP contribution in [0.3, 0.4) is 0 Å². The van der Waals surface area contributed by atoms with Crippen LogP contribution in [0.4, 0.5) is 4.39 Å². The number of ether oxygens (including phenoxy) is 1. The van der Waals surface area contributed by atoms with Crippen LogP contribution in [-0.4, -0.2) is 78.3 Å². The summed E-state index contributed by atoms with van der Waals surface area (Å²) in [6.07, 6.45) is 0.363. The molecule has 0 radical (unpaired) electrons. The minimum atomic E-state index is -0.417. The quantitative estimate of drug-likeness (QED) is 0.390. The molecular formula is C31H32ClFN4O3. The molecule has 1 fully saturated rings. The predicted octanol–water partition coefficient (Wildman–Crippen LogP) is 4.94. The first-order valence-electron chi connectivity index (χ1n) is 13.5. The second-order valence-electron chi connectivity index (χ2n) is 10.1. The number of amides is 2. The van der Waals surface area contributed by atoms with E-state index in [0.717, 1.165) is 24.2 Å². The number of hydrazone groups is 1. The third-order valence-corrected chi connectivity index (χ3v) is 7.65. The molecule has 0 aromatic heterocycles. The molecule has 0 N–H and O–H groups in total. The van der Waals surface area contributed by atoms with Crippen molar-refractivity contribution in [2.75, 3.05) is 45.9 Å². The molecule has 2 aliphatic heterocycles. The third kappa shape index (κ3) is 6.41. The predicted molar refractivity (Wildman–Crippen MR) is 153 cm³/mol. The molecule has 7 nitrogen and oxygen atoms in total. The zero-order valence-corrected chi connectivity index (χ0v) is 23.2. The lowest BCUT2D eigenvalue weighted by Gasteiger charge is -2.31. The minimum Gasteiger partial charge on any atom is -0.379 e. The molecule has 3 aromatic carbocycles. The van der Waals surface area contributed by atoms with Crippen LogP contribution in [0.2, 0.25) is 5.02 Å². The molecule has 2 aliphatic rings. The van der Waals surface area contributed by atoms with Crippen molar-refractivity contribution in [1.82, 2.24) is 14.8 Å². The van der Waals surface area contributed by atoms with Crippen LogP contribution in [-0.2, 0) is 9.53 Å². The summed E-state index contributed by atoms with van der Waals surface area (Å²) in [5, 5.41) is 6.36. The van der Waals surface area contributed by atoms with Crippen LogP contribution >= 0.6 is 11.6 Å². The molecule has 5 rings (SSSR count). The average Bonchev–Trinajstić information content (AvgIpc) is 3.42. The van der Waals surface area contributed by atoms with E-state index in [9.17, 15) is 14.0 Å². The van der Waals surface area contributed by atoms with Gasteiger partial charge in [0.1, 0.15) is 12.4 Å². The summed E-state index contributed by atoms with van der Waals surface area (Å²) in [5.41, 5.74) is 3.19. The number of morpholine rings is 1. The van der Waals surface area contributed by atoms with Crippen molar-refractivity contribution in [3.05, 3.63) is 106 Å². The zero-order valence-electron chi connectivity index (χ0n) is 22.4. The van der Waals surface area contributed by atoms with Gasteiger partial charge in [0.2, 0.25) is 0 Å². The summed E-state index contributed by atoms with van der Waals surface area (Å²) in [4.78, 5) is 31.3. The summed E-state index contributed by atoms with van der Waals surface area (Å²) >= 11 is 6.37. The molecular weight excluding hydrogens is 531 g/mol. The molecule has 2 heterocycles. The highest BCUT2D eigenvalue weighted by molar-refractivity contribution is 6.33. The first-order chi connectivity index (χ1) is 19.4. The molecule has 0 spiro atoms.